The lowest BCUT2D eigenvalue weighted by molar-refractivity contribution is -0.277. The first kappa shape index (κ1) is 64.9. The van der Waals surface area contributed by atoms with Gasteiger partial charge in [-0.3, -0.25) is 33.7 Å². The molecule has 27 heteroatoms. The largest absolute Gasteiger partial charge is 0.461 e. The van der Waals surface area contributed by atoms with Gasteiger partial charge in [-0.2, -0.15) is 0 Å². The predicted octanol–water partition coefficient (Wildman–Crippen LogP) is 2.67. The second kappa shape index (κ2) is 30.4. The van der Waals surface area contributed by atoms with Crippen LogP contribution in [-0.2, 0) is 44.8 Å². The Morgan fingerprint density at radius 3 is 2.26 bits per heavy atom. The minimum atomic E-state index is -1.64. The molecule has 0 saturated carbocycles. The number of alkyl halides is 1. The molecular formula is C59H71ClN10O16. The smallest absolute Gasteiger partial charge is 0.407 e. The number of amides is 9. The molecule has 3 aliphatic heterocycles. The van der Waals surface area contributed by atoms with Crippen LogP contribution in [0.2, 0.25) is 0 Å². The topological polar surface area (TPSA) is 397 Å². The second-order valence-electron chi connectivity index (χ2n) is 21.1. The van der Waals surface area contributed by atoms with Gasteiger partial charge in [-0.05, 0) is 84.5 Å². The molecule has 8 rings (SSSR count). The van der Waals surface area contributed by atoms with Crippen LogP contribution in [0, 0.1) is 5.92 Å². The highest BCUT2D eigenvalue weighted by atomic mass is 35.5. The lowest BCUT2D eigenvalue weighted by atomic mass is 9.95. The van der Waals surface area contributed by atoms with Gasteiger partial charge in [0.15, 0.2) is 0 Å². The Bertz CT molecular complexity index is 3280. The first-order valence-electron chi connectivity index (χ1n) is 27.9. The predicted molar refractivity (Wildman–Crippen MR) is 315 cm³/mol. The molecule has 14 N–H and O–H groups in total. The van der Waals surface area contributed by atoms with Crippen molar-refractivity contribution in [1.82, 2.24) is 31.2 Å². The van der Waals surface area contributed by atoms with Gasteiger partial charge in [0, 0.05) is 83.7 Å². The molecule has 86 heavy (non-hydrogen) atoms. The number of nitrogens with zero attached hydrogens (tertiary/aromatic N) is 2. The van der Waals surface area contributed by atoms with Gasteiger partial charge < -0.3 is 87.4 Å². The van der Waals surface area contributed by atoms with E-state index in [-0.39, 0.29) is 85.4 Å². The number of anilines is 3. The Kier molecular flexibility index (Phi) is 23.0. The number of carbonyl (C=O) groups excluding carboxylic acids is 9. The Morgan fingerprint density at radius 1 is 0.860 bits per heavy atom. The quantitative estimate of drug-likeness (QED) is 0.0131. The lowest BCUT2D eigenvalue weighted by Crippen LogP contribution is -2.60. The number of unbranched alkanes of at least 4 members (excludes halogenated alkanes) is 2. The van der Waals surface area contributed by atoms with Crippen molar-refractivity contribution >= 4 is 104 Å². The number of fused-ring (bicyclic) bond motifs is 4. The number of aromatic nitrogens is 1. The molecule has 8 unspecified atom stereocenters. The van der Waals surface area contributed by atoms with Gasteiger partial charge in [0.25, 0.3) is 17.7 Å². The van der Waals surface area contributed by atoms with Crippen molar-refractivity contribution in [3.63, 3.8) is 0 Å². The molecular weight excluding hydrogens is 1140 g/mol. The number of aromatic amines is 1. The number of aliphatic hydroxyl groups excluding tert-OH is 4. The monoisotopic (exact) mass is 1210 g/mol. The van der Waals surface area contributed by atoms with Crippen molar-refractivity contribution in [2.24, 2.45) is 11.7 Å². The number of benzene rings is 4. The third-order valence-corrected chi connectivity index (χ3v) is 14.8. The Morgan fingerprint density at radius 2 is 1.58 bits per heavy atom. The molecule has 0 radical (unpaired) electrons. The molecule has 4 heterocycles. The average molecular weight is 1210 g/mol. The summed E-state index contributed by atoms with van der Waals surface area (Å²) in [6.07, 6.45) is -2.34. The van der Waals surface area contributed by atoms with Gasteiger partial charge in [-0.15, -0.1) is 11.6 Å². The zero-order valence-corrected chi connectivity index (χ0v) is 48.0. The van der Waals surface area contributed by atoms with Crippen molar-refractivity contribution in [2.75, 3.05) is 54.6 Å². The molecule has 1 saturated heterocycles. The molecule has 1 aromatic heterocycles. The highest BCUT2D eigenvalue weighted by Gasteiger charge is 2.45. The average Bonchev–Trinajstić information content (AvgIpc) is 1.77. The van der Waals surface area contributed by atoms with Crippen LogP contribution in [-0.4, -0.2) is 166 Å². The molecule has 3 aliphatic rings. The summed E-state index contributed by atoms with van der Waals surface area (Å²) in [5.41, 5.74) is 14.7. The minimum absolute atomic E-state index is 0.0160. The Hall–Kier alpha value is -8.66. The summed E-state index contributed by atoms with van der Waals surface area (Å²) in [4.78, 5) is 115. The van der Waals surface area contributed by atoms with E-state index in [2.05, 4.69) is 31.6 Å². The van der Waals surface area contributed by atoms with Crippen molar-refractivity contribution in [1.29, 1.82) is 0 Å². The second-order valence-corrected chi connectivity index (χ2v) is 21.4. The summed E-state index contributed by atoms with van der Waals surface area (Å²) >= 11 is 6.46. The van der Waals surface area contributed by atoms with Crippen molar-refractivity contribution in [3.05, 3.63) is 108 Å². The summed E-state index contributed by atoms with van der Waals surface area (Å²) in [5.74, 6) is -2.20. The number of nitrogens with one attached hydrogen (secondary N) is 6. The molecule has 9 amide bonds. The third kappa shape index (κ3) is 16.8. The summed E-state index contributed by atoms with van der Waals surface area (Å²) < 4.78 is 16.9. The fourth-order valence-corrected chi connectivity index (χ4v) is 10.2. The number of alkyl carbamates (subject to hydrolysis) is 1. The summed E-state index contributed by atoms with van der Waals surface area (Å²) in [6.45, 7) is 3.50. The molecule has 1 fully saturated rings. The first-order chi connectivity index (χ1) is 41.2. The Labute approximate surface area is 498 Å². The standard InChI is InChI=1S/C38H38ClN5O10.C21H33N5O6/c39-14-21-16-44(28-13-29(24-3-1-2-4-25(24)32(21)28)53-37-35(49)34(48)33(47)30(17-45)54-37)36(50)27-12-20-11-23(9-10-26(20)43-27)42-31(46)15-41-38(51)52-18-19-5-7-22(40)8-6-19;1-14(2)19(20(31)24-15(13-27)7-6-11-23-21(22)32)25-16(28)8-4-3-5-12-26-17(29)9-10-18(26)30/h1-13,21,30,33-35,37,43,45,47-49H,14-18,40H2,(H,41,51)(H,42,46);9-10,13-15,19H,3-8,11-12H2,1-2H3,(H,24,31)(H,25,28)(H3,22,23,32). The number of halogens is 1. The van der Waals surface area contributed by atoms with E-state index < -0.39 is 73.3 Å². The molecule has 460 valence electrons. The van der Waals surface area contributed by atoms with Crippen molar-refractivity contribution in [3.8, 4) is 5.75 Å². The van der Waals surface area contributed by atoms with E-state index in [0.29, 0.717) is 78.3 Å². The van der Waals surface area contributed by atoms with Crippen LogP contribution in [0.25, 0.3) is 21.7 Å². The SMILES string of the molecule is CC(C)C(NC(=O)CCCCCN1C(=O)C=CC1=O)C(=O)NC(C=O)CCCNC(N)=O.Nc1ccc(COC(=O)NCC(=O)Nc2ccc3[nH]c(C(=O)N4CC(CCl)c5c4cc(OC4OC(CO)C(O)C(O)C4O)c4ccccc54)cc3c2)cc1. The zero-order chi connectivity index (χ0) is 62.2. The van der Waals surface area contributed by atoms with Gasteiger partial charge in [0.05, 0.1) is 18.3 Å². The number of hydrogen-bond acceptors (Lipinski definition) is 17. The van der Waals surface area contributed by atoms with Gasteiger partial charge in [-0.25, -0.2) is 9.59 Å². The Balaban J connectivity index is 0.000000284. The normalized spacial score (nSPS) is 19.5. The van der Waals surface area contributed by atoms with Gasteiger partial charge >= 0.3 is 12.1 Å². The summed E-state index contributed by atoms with van der Waals surface area (Å²) in [7, 11) is 0. The maximum absolute atomic E-state index is 14.2. The van der Waals surface area contributed by atoms with Crippen LogP contribution in [0.3, 0.4) is 0 Å². The number of imide groups is 1. The van der Waals surface area contributed by atoms with Crippen LogP contribution < -0.4 is 47.7 Å². The van der Waals surface area contributed by atoms with Crippen LogP contribution >= 0.6 is 11.6 Å². The molecule has 8 atom stereocenters. The number of nitrogen functional groups attached to an aromatic ring is 1. The molecule has 0 bridgehead atoms. The van der Waals surface area contributed by atoms with E-state index in [4.69, 9.17) is 37.3 Å². The van der Waals surface area contributed by atoms with Crippen LogP contribution in [0.15, 0.2) is 91.0 Å². The van der Waals surface area contributed by atoms with Gasteiger partial charge in [-0.1, -0.05) is 56.7 Å². The van der Waals surface area contributed by atoms with Crippen LogP contribution in [0.4, 0.5) is 26.7 Å². The molecule has 0 spiro atoms. The fraction of sp³-hybridized carbons (Fsp3) is 0.407. The van der Waals surface area contributed by atoms with E-state index in [1.54, 1.807) is 79.4 Å². The highest BCUT2D eigenvalue weighted by molar-refractivity contribution is 6.19. The highest BCUT2D eigenvalue weighted by Crippen LogP contribution is 2.47. The molecule has 26 nitrogen and oxygen atoms in total. The maximum atomic E-state index is 14.2. The minimum Gasteiger partial charge on any atom is -0.461 e. The number of carbonyl (C=O) groups is 9. The van der Waals surface area contributed by atoms with Crippen LogP contribution in [0.5, 0.6) is 5.75 Å². The van der Waals surface area contributed by atoms with E-state index in [0.717, 1.165) is 21.4 Å². The third-order valence-electron chi connectivity index (χ3n) is 14.5. The molecule has 5 aromatic rings. The van der Waals surface area contributed by atoms with E-state index >= 15 is 0 Å². The number of nitrogens with two attached hydrogens (primary N) is 2. The van der Waals surface area contributed by atoms with Crippen LogP contribution in [0.1, 0.15) is 79.9 Å². The lowest BCUT2D eigenvalue weighted by Gasteiger charge is -2.39. The number of aliphatic hydroxyl groups is 4. The van der Waals surface area contributed by atoms with Crippen molar-refractivity contribution in [2.45, 2.75) is 108 Å². The summed E-state index contributed by atoms with van der Waals surface area (Å²) in [6, 6.07) is 20.4. The number of hydrogen-bond donors (Lipinski definition) is 12. The maximum Gasteiger partial charge on any atom is 0.407 e. The fourth-order valence-electron chi connectivity index (χ4n) is 9.91. The van der Waals surface area contributed by atoms with Gasteiger partial charge in [0.1, 0.15) is 61.3 Å². The number of H-pyrrole nitrogens is 1. The number of urea groups is 1. The van der Waals surface area contributed by atoms with Gasteiger partial charge in [0.2, 0.25) is 24.0 Å². The van der Waals surface area contributed by atoms with E-state index in [9.17, 15) is 63.6 Å². The number of aldehydes is 1. The van der Waals surface area contributed by atoms with E-state index in [1.807, 2.05) is 18.2 Å². The van der Waals surface area contributed by atoms with E-state index in [1.165, 1.54) is 12.2 Å². The number of primary amides is 1. The number of rotatable bonds is 25. The van der Waals surface area contributed by atoms with Crippen molar-refractivity contribution < 1.29 is 77.8 Å². The first-order valence-corrected chi connectivity index (χ1v) is 28.4. The number of ether oxygens (including phenoxy) is 3. The molecule has 4 aromatic carbocycles. The molecule has 0 aliphatic carbocycles. The zero-order valence-electron chi connectivity index (χ0n) is 47.2. The summed E-state index contributed by atoms with van der Waals surface area (Å²) in [5, 5.41) is 55.9.